The SMILES string of the molecule is O=C(CBr)C1CC1.[N]. The third kappa shape index (κ3) is 1.92. The molecule has 1 rings (SSSR count). The Balaban J connectivity index is 0.000000490. The van der Waals surface area contributed by atoms with Crippen molar-refractivity contribution in [3.63, 3.8) is 0 Å². The van der Waals surface area contributed by atoms with E-state index in [9.17, 15) is 4.79 Å². The minimum atomic E-state index is 0. The van der Waals surface area contributed by atoms with E-state index in [1.165, 1.54) is 0 Å². The first-order chi connectivity index (χ1) is 3.34. The molecule has 2 nitrogen and oxygen atoms in total. The number of carbonyl (C=O) groups is 1. The fraction of sp³-hybridized carbons (Fsp3) is 0.800. The van der Waals surface area contributed by atoms with Crippen molar-refractivity contribution in [2.24, 2.45) is 5.92 Å². The van der Waals surface area contributed by atoms with Crippen LogP contribution >= 0.6 is 15.9 Å². The number of hydrogen-bond acceptors (Lipinski definition) is 1. The van der Waals surface area contributed by atoms with Gasteiger partial charge in [0.1, 0.15) is 5.78 Å². The Hall–Kier alpha value is 0.110. The lowest BCUT2D eigenvalue weighted by molar-refractivity contribution is -0.117. The molecular formula is C5H7BrNO. The third-order valence-electron chi connectivity index (χ3n) is 1.16. The molecular weight excluding hydrogens is 170 g/mol. The van der Waals surface area contributed by atoms with Gasteiger partial charge in [-0.15, -0.1) is 0 Å². The Bertz CT molecular complexity index is 90.4. The number of hydrogen-bond donors (Lipinski definition) is 0. The van der Waals surface area contributed by atoms with Gasteiger partial charge in [-0.3, -0.25) is 4.79 Å². The van der Waals surface area contributed by atoms with E-state index in [2.05, 4.69) is 15.9 Å². The first-order valence-electron chi connectivity index (χ1n) is 2.43. The molecule has 3 radical (unpaired) electrons. The Morgan fingerprint density at radius 1 is 1.62 bits per heavy atom. The van der Waals surface area contributed by atoms with E-state index in [1.807, 2.05) is 0 Å². The highest BCUT2D eigenvalue weighted by Crippen LogP contribution is 2.29. The molecule has 0 unspecified atom stereocenters. The second-order valence-corrected chi connectivity index (χ2v) is 2.43. The van der Waals surface area contributed by atoms with Gasteiger partial charge in [-0.2, -0.15) is 0 Å². The quantitative estimate of drug-likeness (QED) is 0.577. The van der Waals surface area contributed by atoms with Crippen LogP contribution in [0.1, 0.15) is 12.8 Å². The molecule has 0 N–H and O–H groups in total. The summed E-state index contributed by atoms with van der Waals surface area (Å²) in [5.74, 6) is 0.805. The molecule has 0 aromatic heterocycles. The van der Waals surface area contributed by atoms with E-state index in [0.29, 0.717) is 17.0 Å². The van der Waals surface area contributed by atoms with Crippen molar-refractivity contribution in [1.82, 2.24) is 6.15 Å². The summed E-state index contributed by atoms with van der Waals surface area (Å²) in [5.41, 5.74) is 0. The lowest BCUT2D eigenvalue weighted by Crippen LogP contribution is -1.99. The number of carbonyl (C=O) groups excluding carboxylic acids is 1. The third-order valence-corrected chi connectivity index (χ3v) is 1.72. The number of nitrogens with zero attached hydrogens (tertiary/aromatic N) is 1. The zero-order chi connectivity index (χ0) is 5.28. The van der Waals surface area contributed by atoms with Crippen LogP contribution in [-0.4, -0.2) is 11.1 Å². The molecule has 8 heavy (non-hydrogen) atoms. The summed E-state index contributed by atoms with van der Waals surface area (Å²) < 4.78 is 0. The number of rotatable bonds is 2. The minimum absolute atomic E-state index is 0. The first kappa shape index (κ1) is 8.11. The van der Waals surface area contributed by atoms with E-state index in [0.717, 1.165) is 12.8 Å². The second kappa shape index (κ2) is 3.20. The largest absolute Gasteiger partial charge is 0.298 e. The summed E-state index contributed by atoms with van der Waals surface area (Å²) >= 11 is 3.11. The van der Waals surface area contributed by atoms with Gasteiger partial charge in [0, 0.05) is 12.1 Å². The number of halogens is 1. The summed E-state index contributed by atoms with van der Waals surface area (Å²) in [6, 6.07) is 0. The standard InChI is InChI=1S/C5H7BrO.N/c6-3-5(7)4-1-2-4;/h4H,1-3H2;. The summed E-state index contributed by atoms with van der Waals surface area (Å²) in [6.07, 6.45) is 2.26. The van der Waals surface area contributed by atoms with Gasteiger partial charge in [-0.05, 0) is 12.8 Å². The zero-order valence-corrected chi connectivity index (χ0v) is 6.02. The van der Waals surface area contributed by atoms with Crippen LogP contribution in [0.15, 0.2) is 0 Å². The molecule has 0 saturated heterocycles. The molecule has 0 aromatic rings. The Morgan fingerprint density at radius 3 is 2.25 bits per heavy atom. The molecule has 0 spiro atoms. The molecule has 1 saturated carbocycles. The van der Waals surface area contributed by atoms with Crippen LogP contribution in [0.5, 0.6) is 0 Å². The van der Waals surface area contributed by atoms with Crippen molar-refractivity contribution in [1.29, 1.82) is 0 Å². The van der Waals surface area contributed by atoms with Gasteiger partial charge in [0.25, 0.3) is 0 Å². The molecule has 0 heterocycles. The van der Waals surface area contributed by atoms with E-state index in [-0.39, 0.29) is 6.15 Å². The maximum atomic E-state index is 10.5. The molecule has 1 aliphatic carbocycles. The summed E-state index contributed by atoms with van der Waals surface area (Å²) in [7, 11) is 0. The Labute approximate surface area is 57.4 Å². The van der Waals surface area contributed by atoms with Crippen molar-refractivity contribution in [2.45, 2.75) is 12.8 Å². The van der Waals surface area contributed by atoms with Crippen LogP contribution in [0.2, 0.25) is 0 Å². The Kier molecular flexibility index (Phi) is 3.24. The van der Waals surface area contributed by atoms with Crippen LogP contribution in [-0.2, 0) is 4.79 Å². The fourth-order valence-electron chi connectivity index (χ4n) is 0.514. The highest BCUT2D eigenvalue weighted by atomic mass is 79.9. The van der Waals surface area contributed by atoms with E-state index in [1.54, 1.807) is 0 Å². The molecule has 0 atom stereocenters. The van der Waals surface area contributed by atoms with E-state index >= 15 is 0 Å². The van der Waals surface area contributed by atoms with Gasteiger partial charge in [-0.25, -0.2) is 0 Å². The Morgan fingerprint density at radius 2 is 2.12 bits per heavy atom. The van der Waals surface area contributed by atoms with Crippen molar-refractivity contribution in [3.05, 3.63) is 0 Å². The van der Waals surface area contributed by atoms with Crippen LogP contribution in [0, 0.1) is 5.92 Å². The molecule has 1 fully saturated rings. The fourth-order valence-corrected chi connectivity index (χ4v) is 0.972. The van der Waals surface area contributed by atoms with Gasteiger partial charge >= 0.3 is 0 Å². The summed E-state index contributed by atoms with van der Waals surface area (Å²) in [5, 5.41) is 0.553. The highest BCUT2D eigenvalue weighted by molar-refractivity contribution is 9.09. The van der Waals surface area contributed by atoms with Crippen molar-refractivity contribution >= 4 is 21.7 Å². The average Bonchev–Trinajstić information content (AvgIpc) is 2.44. The van der Waals surface area contributed by atoms with Gasteiger partial charge < -0.3 is 0 Å². The molecule has 0 bridgehead atoms. The molecule has 3 heteroatoms. The summed E-state index contributed by atoms with van der Waals surface area (Å²) in [4.78, 5) is 10.5. The normalized spacial score (nSPS) is 17.1. The van der Waals surface area contributed by atoms with Gasteiger partial charge in [0.15, 0.2) is 0 Å². The molecule has 0 aromatic carbocycles. The van der Waals surface area contributed by atoms with Gasteiger partial charge in [-0.1, -0.05) is 15.9 Å². The van der Waals surface area contributed by atoms with Crippen LogP contribution in [0.4, 0.5) is 0 Å². The van der Waals surface area contributed by atoms with Crippen LogP contribution < -0.4 is 6.15 Å². The minimum Gasteiger partial charge on any atom is -0.298 e. The molecule has 0 aliphatic heterocycles. The van der Waals surface area contributed by atoms with Crippen molar-refractivity contribution in [2.75, 3.05) is 5.33 Å². The molecule has 1 aliphatic rings. The lowest BCUT2D eigenvalue weighted by Gasteiger charge is -1.83. The highest BCUT2D eigenvalue weighted by Gasteiger charge is 2.27. The van der Waals surface area contributed by atoms with Gasteiger partial charge in [0.2, 0.25) is 0 Å². The summed E-state index contributed by atoms with van der Waals surface area (Å²) in [6.45, 7) is 0. The monoisotopic (exact) mass is 176 g/mol. The van der Waals surface area contributed by atoms with Gasteiger partial charge in [0.05, 0.1) is 5.33 Å². The smallest absolute Gasteiger partial charge is 0.146 e. The topological polar surface area (TPSA) is 47.6 Å². The molecule has 0 amide bonds. The van der Waals surface area contributed by atoms with Crippen LogP contribution in [0.25, 0.3) is 0 Å². The van der Waals surface area contributed by atoms with E-state index < -0.39 is 0 Å². The average molecular weight is 177 g/mol. The second-order valence-electron chi connectivity index (χ2n) is 1.87. The maximum Gasteiger partial charge on any atom is 0.146 e. The molecule has 45 valence electrons. The predicted octanol–water partition coefficient (Wildman–Crippen LogP) is 0.880. The zero-order valence-electron chi connectivity index (χ0n) is 4.43. The predicted molar refractivity (Wildman–Crippen MR) is 33.7 cm³/mol. The van der Waals surface area contributed by atoms with Crippen molar-refractivity contribution in [3.8, 4) is 0 Å². The maximum absolute atomic E-state index is 10.5. The number of Topliss-reactive ketones (excluding diaryl/α,β-unsaturated/α-hetero) is 1. The lowest BCUT2D eigenvalue weighted by atomic mass is 10.3. The van der Waals surface area contributed by atoms with Crippen LogP contribution in [0.3, 0.4) is 0 Å². The van der Waals surface area contributed by atoms with E-state index in [4.69, 9.17) is 0 Å². The first-order valence-corrected chi connectivity index (χ1v) is 3.55. The van der Waals surface area contributed by atoms with Crippen molar-refractivity contribution < 1.29 is 4.79 Å². The number of alkyl halides is 1. The number of ketones is 1.